The third-order valence-corrected chi connectivity index (χ3v) is 3.93. The number of nitro benzene ring substituents is 1. The monoisotopic (exact) mass is 468 g/mol. The second-order valence-electron chi connectivity index (χ2n) is 5.09. The molecule has 2 aromatic rings. The minimum absolute atomic E-state index is 0.218. The van der Waals surface area contributed by atoms with E-state index < -0.39 is 22.3 Å². The Bertz CT molecular complexity index is 896. The summed E-state index contributed by atoms with van der Waals surface area (Å²) >= 11 is 1.76. The fraction of sp³-hybridized carbons (Fsp3) is 0.0625. The summed E-state index contributed by atoms with van der Waals surface area (Å²) in [5.74, 6) is -1.13. The van der Waals surface area contributed by atoms with Crippen molar-refractivity contribution in [1.29, 1.82) is 0 Å². The van der Waals surface area contributed by atoms with E-state index in [9.17, 15) is 24.8 Å². The molecule has 0 aliphatic heterocycles. The second kappa shape index (κ2) is 8.38. The number of rotatable bonds is 5. The van der Waals surface area contributed by atoms with Gasteiger partial charge in [-0.15, -0.1) is 0 Å². The quantitative estimate of drug-likeness (QED) is 0.269. The summed E-state index contributed by atoms with van der Waals surface area (Å²) in [6.07, 6.45) is 1.23. The minimum atomic E-state index is -0.704. The largest absolute Gasteiger partial charge is 0.501 e. The molecule has 0 atom stereocenters. The number of anilines is 1. The molecule has 134 valence electrons. The standard InChI is InChI=1S/C16H13IN4O5/c1-9(22)19-12-4-2-11(3-5-12)16(24)20-18-8-10-6-13(17)15(23)14(7-10)21(25)26/h2-8,23H,1H3,(H,19,22)(H,20,24)/b18-8-. The lowest BCUT2D eigenvalue weighted by molar-refractivity contribution is -0.386. The Balaban J connectivity index is 2.07. The van der Waals surface area contributed by atoms with E-state index in [1.54, 1.807) is 34.7 Å². The molecule has 0 radical (unpaired) electrons. The van der Waals surface area contributed by atoms with Gasteiger partial charge in [-0.1, -0.05) is 0 Å². The summed E-state index contributed by atoms with van der Waals surface area (Å²) in [5, 5.41) is 26.9. The molecule has 9 nitrogen and oxygen atoms in total. The van der Waals surface area contributed by atoms with Crippen molar-refractivity contribution in [3.8, 4) is 5.75 Å². The van der Waals surface area contributed by atoms with Crippen LogP contribution in [0, 0.1) is 13.7 Å². The van der Waals surface area contributed by atoms with Gasteiger partial charge in [-0.3, -0.25) is 19.7 Å². The maximum absolute atomic E-state index is 12.0. The summed E-state index contributed by atoms with van der Waals surface area (Å²) in [4.78, 5) is 33.1. The molecule has 10 heteroatoms. The number of aromatic hydroxyl groups is 1. The first-order chi connectivity index (χ1) is 12.3. The van der Waals surface area contributed by atoms with Crippen LogP contribution < -0.4 is 10.7 Å². The van der Waals surface area contributed by atoms with Gasteiger partial charge >= 0.3 is 5.69 Å². The third kappa shape index (κ3) is 4.99. The Morgan fingerprint density at radius 2 is 1.92 bits per heavy atom. The van der Waals surface area contributed by atoms with Gasteiger partial charge < -0.3 is 10.4 Å². The van der Waals surface area contributed by atoms with Crippen LogP contribution >= 0.6 is 22.6 Å². The highest BCUT2D eigenvalue weighted by Crippen LogP contribution is 2.31. The van der Waals surface area contributed by atoms with E-state index in [0.717, 1.165) is 6.07 Å². The molecule has 3 N–H and O–H groups in total. The molecule has 2 rings (SSSR count). The van der Waals surface area contributed by atoms with Gasteiger partial charge in [-0.2, -0.15) is 5.10 Å². The Labute approximate surface area is 161 Å². The first-order valence-electron chi connectivity index (χ1n) is 7.16. The average molecular weight is 468 g/mol. The van der Waals surface area contributed by atoms with E-state index in [-0.39, 0.29) is 9.48 Å². The molecular weight excluding hydrogens is 455 g/mol. The maximum Gasteiger partial charge on any atom is 0.312 e. The van der Waals surface area contributed by atoms with Crippen LogP contribution in [0.3, 0.4) is 0 Å². The van der Waals surface area contributed by atoms with Gasteiger partial charge in [-0.25, -0.2) is 5.43 Å². The van der Waals surface area contributed by atoms with Gasteiger partial charge in [0.2, 0.25) is 11.7 Å². The smallest absolute Gasteiger partial charge is 0.312 e. The van der Waals surface area contributed by atoms with E-state index in [1.807, 2.05) is 0 Å². The van der Waals surface area contributed by atoms with Gasteiger partial charge in [0.15, 0.2) is 0 Å². The number of hydrogen-bond acceptors (Lipinski definition) is 6. The molecule has 2 amide bonds. The summed E-state index contributed by atoms with van der Waals surface area (Å²) in [5.41, 5.74) is 3.08. The Hall–Kier alpha value is -3.02. The number of nitrogens with one attached hydrogen (secondary N) is 2. The van der Waals surface area contributed by atoms with Crippen LogP contribution in [-0.4, -0.2) is 28.1 Å². The van der Waals surface area contributed by atoms with Crippen molar-refractivity contribution < 1.29 is 19.6 Å². The Kier molecular flexibility index (Phi) is 6.22. The normalized spacial score (nSPS) is 10.5. The first-order valence-corrected chi connectivity index (χ1v) is 8.23. The number of hydrogen-bond donors (Lipinski definition) is 3. The zero-order valence-corrected chi connectivity index (χ0v) is 15.6. The lowest BCUT2D eigenvalue weighted by Crippen LogP contribution is -2.17. The molecule has 0 aromatic heterocycles. The van der Waals surface area contributed by atoms with Crippen LogP contribution in [0.25, 0.3) is 0 Å². The number of hydrazone groups is 1. The number of carbonyl (C=O) groups excluding carboxylic acids is 2. The molecule has 26 heavy (non-hydrogen) atoms. The van der Waals surface area contributed by atoms with E-state index >= 15 is 0 Å². The van der Waals surface area contributed by atoms with Crippen LogP contribution in [0.4, 0.5) is 11.4 Å². The van der Waals surface area contributed by atoms with E-state index in [1.165, 1.54) is 31.3 Å². The average Bonchev–Trinajstić information content (AvgIpc) is 2.57. The summed E-state index contributed by atoms with van der Waals surface area (Å²) in [6, 6.07) is 8.82. The van der Waals surface area contributed by atoms with Crippen molar-refractivity contribution in [1.82, 2.24) is 5.43 Å². The molecule has 0 saturated carbocycles. The molecule has 0 saturated heterocycles. The van der Waals surface area contributed by atoms with Crippen molar-refractivity contribution in [3.63, 3.8) is 0 Å². The molecule has 0 unspecified atom stereocenters. The van der Waals surface area contributed by atoms with Crippen LogP contribution in [0.2, 0.25) is 0 Å². The summed E-state index contributed by atoms with van der Waals surface area (Å²) < 4.78 is 0.290. The number of benzene rings is 2. The molecule has 0 spiro atoms. The molecule has 0 bridgehead atoms. The van der Waals surface area contributed by atoms with Crippen LogP contribution in [0.1, 0.15) is 22.8 Å². The highest BCUT2D eigenvalue weighted by molar-refractivity contribution is 14.1. The topological polar surface area (TPSA) is 134 Å². The number of halogens is 1. The van der Waals surface area contributed by atoms with Gasteiger partial charge in [0, 0.05) is 29.8 Å². The van der Waals surface area contributed by atoms with Crippen molar-refractivity contribution >= 4 is 52.0 Å². The van der Waals surface area contributed by atoms with Crippen molar-refractivity contribution in [2.45, 2.75) is 6.92 Å². The van der Waals surface area contributed by atoms with E-state index in [4.69, 9.17) is 0 Å². The molecule has 0 fully saturated rings. The number of phenolic OH excluding ortho intramolecular Hbond substituents is 1. The molecule has 2 aromatic carbocycles. The predicted molar refractivity (Wildman–Crippen MR) is 103 cm³/mol. The Morgan fingerprint density at radius 1 is 1.27 bits per heavy atom. The zero-order chi connectivity index (χ0) is 19.3. The van der Waals surface area contributed by atoms with Gasteiger partial charge in [0.05, 0.1) is 14.7 Å². The number of nitro groups is 1. The zero-order valence-electron chi connectivity index (χ0n) is 13.4. The fourth-order valence-corrected chi connectivity index (χ4v) is 2.59. The van der Waals surface area contributed by atoms with Crippen LogP contribution in [0.15, 0.2) is 41.5 Å². The maximum atomic E-state index is 12.0. The second-order valence-corrected chi connectivity index (χ2v) is 6.25. The van der Waals surface area contributed by atoms with Crippen molar-refractivity contribution in [2.24, 2.45) is 5.10 Å². The molecule has 0 aliphatic carbocycles. The predicted octanol–water partition coefficient (Wildman–Crippen LogP) is 2.63. The fourth-order valence-electron chi connectivity index (χ4n) is 1.96. The van der Waals surface area contributed by atoms with Gasteiger partial charge in [0.25, 0.3) is 5.91 Å². The third-order valence-electron chi connectivity index (χ3n) is 3.11. The SMILES string of the molecule is CC(=O)Nc1ccc(C(=O)N/N=C\c2cc(I)c(O)c([N+](=O)[O-])c2)cc1. The van der Waals surface area contributed by atoms with E-state index in [0.29, 0.717) is 16.8 Å². The Morgan fingerprint density at radius 3 is 2.50 bits per heavy atom. The number of amides is 2. The first kappa shape index (κ1) is 19.3. The highest BCUT2D eigenvalue weighted by Gasteiger charge is 2.17. The number of phenols is 1. The number of nitrogens with zero attached hydrogens (tertiary/aromatic N) is 2. The summed E-state index contributed by atoms with van der Waals surface area (Å²) in [6.45, 7) is 1.38. The van der Waals surface area contributed by atoms with E-state index in [2.05, 4.69) is 15.8 Å². The molecule has 0 heterocycles. The van der Waals surface area contributed by atoms with Crippen LogP contribution in [-0.2, 0) is 4.79 Å². The van der Waals surface area contributed by atoms with Gasteiger partial charge in [0.1, 0.15) is 0 Å². The minimum Gasteiger partial charge on any atom is -0.501 e. The van der Waals surface area contributed by atoms with Gasteiger partial charge in [-0.05, 0) is 52.9 Å². The highest BCUT2D eigenvalue weighted by atomic mass is 127. The lowest BCUT2D eigenvalue weighted by Gasteiger charge is -2.04. The lowest BCUT2D eigenvalue weighted by atomic mass is 10.2. The number of carbonyl (C=O) groups is 2. The van der Waals surface area contributed by atoms with Crippen molar-refractivity contribution in [3.05, 3.63) is 61.2 Å². The summed E-state index contributed by atoms with van der Waals surface area (Å²) in [7, 11) is 0. The molecular formula is C16H13IN4O5. The van der Waals surface area contributed by atoms with Crippen LogP contribution in [0.5, 0.6) is 5.75 Å². The van der Waals surface area contributed by atoms with Crippen molar-refractivity contribution in [2.75, 3.05) is 5.32 Å². The molecule has 0 aliphatic rings.